The van der Waals surface area contributed by atoms with Crippen molar-refractivity contribution in [3.63, 3.8) is 0 Å². The lowest BCUT2D eigenvalue weighted by Gasteiger charge is -2.12. The normalized spacial score (nSPS) is 9.86. The maximum atomic E-state index is 11.2. The van der Waals surface area contributed by atoms with Gasteiger partial charge in [0.25, 0.3) is 5.09 Å². The first-order valence-electron chi connectivity index (χ1n) is 6.12. The highest BCUT2D eigenvalue weighted by atomic mass is 16.9. The number of carbonyl (C=O) groups excluding carboxylic acids is 1. The molecule has 1 aromatic carbocycles. The van der Waals surface area contributed by atoms with Crippen LogP contribution in [-0.4, -0.2) is 41.9 Å². The Morgan fingerprint density at radius 3 is 2.59 bits per heavy atom. The van der Waals surface area contributed by atoms with Gasteiger partial charge in [-0.3, -0.25) is 4.79 Å². The molecular formula is C12H14N2O8. The first-order chi connectivity index (χ1) is 10.4. The third kappa shape index (κ3) is 5.63. The summed E-state index contributed by atoms with van der Waals surface area (Å²) >= 11 is 0. The minimum atomic E-state index is -1.20. The maximum Gasteiger partial charge on any atom is 0.335 e. The van der Waals surface area contributed by atoms with Gasteiger partial charge < -0.3 is 25.2 Å². The number of carboxylic acids is 1. The van der Waals surface area contributed by atoms with E-state index in [1.165, 1.54) is 12.1 Å². The Morgan fingerprint density at radius 1 is 1.27 bits per heavy atom. The van der Waals surface area contributed by atoms with Crippen LogP contribution in [0.25, 0.3) is 0 Å². The number of nitrogens with two attached hydrogens (primary N) is 1. The van der Waals surface area contributed by atoms with Gasteiger partial charge >= 0.3 is 11.9 Å². The molecule has 22 heavy (non-hydrogen) atoms. The minimum absolute atomic E-state index is 0.0490. The quantitative estimate of drug-likeness (QED) is 0.214. The number of hydrogen-bond acceptors (Lipinski definition) is 8. The van der Waals surface area contributed by atoms with Crippen LogP contribution in [0.15, 0.2) is 18.2 Å². The number of carboxylic acid groups (broad SMARTS) is 1. The van der Waals surface area contributed by atoms with Crippen molar-refractivity contribution in [1.29, 1.82) is 0 Å². The molecule has 0 heterocycles. The van der Waals surface area contributed by atoms with Crippen LogP contribution < -0.4 is 15.2 Å². The summed E-state index contributed by atoms with van der Waals surface area (Å²) in [6, 6.07) is 3.71. The second-order valence-electron chi connectivity index (χ2n) is 3.90. The number of hydrogen-bond donors (Lipinski definition) is 2. The second-order valence-corrected chi connectivity index (χ2v) is 3.90. The van der Waals surface area contributed by atoms with Gasteiger partial charge in [-0.25, -0.2) is 4.79 Å². The molecule has 3 N–H and O–H groups in total. The molecule has 0 aliphatic rings. The summed E-state index contributed by atoms with van der Waals surface area (Å²) in [6.45, 7) is -0.487. The van der Waals surface area contributed by atoms with Crippen molar-refractivity contribution in [2.45, 2.75) is 6.42 Å². The Bertz CT molecular complexity index is 560. The molecule has 0 saturated carbocycles. The molecule has 0 radical (unpaired) electrons. The number of aromatic carboxylic acids is 1. The Kier molecular flexibility index (Phi) is 6.57. The lowest BCUT2D eigenvalue weighted by molar-refractivity contribution is -0.757. The molecule has 0 unspecified atom stereocenters. The van der Waals surface area contributed by atoms with E-state index in [0.29, 0.717) is 0 Å². The SMILES string of the molecule is NCC(=O)Oc1cc(C(=O)O)ccc1OCCCO[N+](=O)[O-]. The molecule has 0 aliphatic heterocycles. The molecule has 10 heteroatoms. The average molecular weight is 314 g/mol. The Balaban J connectivity index is 2.72. The molecule has 0 aromatic heterocycles. The van der Waals surface area contributed by atoms with E-state index in [-0.39, 0.29) is 43.2 Å². The predicted molar refractivity (Wildman–Crippen MR) is 71.1 cm³/mol. The molecule has 0 amide bonds. The van der Waals surface area contributed by atoms with Crippen molar-refractivity contribution in [2.75, 3.05) is 19.8 Å². The summed E-state index contributed by atoms with van der Waals surface area (Å²) in [5.41, 5.74) is 5.03. The van der Waals surface area contributed by atoms with E-state index in [1.54, 1.807) is 0 Å². The third-order valence-corrected chi connectivity index (χ3v) is 2.32. The average Bonchev–Trinajstić information content (AvgIpc) is 2.47. The van der Waals surface area contributed by atoms with Crippen LogP contribution in [0.1, 0.15) is 16.8 Å². The summed E-state index contributed by atoms with van der Waals surface area (Å²) in [6.07, 6.45) is 0.214. The smallest absolute Gasteiger partial charge is 0.335 e. The lowest BCUT2D eigenvalue weighted by atomic mass is 10.2. The van der Waals surface area contributed by atoms with Crippen LogP contribution in [0, 0.1) is 10.1 Å². The molecule has 0 fully saturated rings. The fourth-order valence-electron chi connectivity index (χ4n) is 1.38. The molecule has 1 aromatic rings. The predicted octanol–water partition coefficient (Wildman–Crippen LogP) is 0.226. The monoisotopic (exact) mass is 314 g/mol. The van der Waals surface area contributed by atoms with Crippen molar-refractivity contribution >= 4 is 11.9 Å². The van der Waals surface area contributed by atoms with Crippen LogP contribution in [0.3, 0.4) is 0 Å². The van der Waals surface area contributed by atoms with Crippen LogP contribution in [0.4, 0.5) is 0 Å². The summed E-state index contributed by atoms with van der Waals surface area (Å²) in [5.74, 6) is -1.93. The van der Waals surface area contributed by atoms with E-state index < -0.39 is 17.0 Å². The van der Waals surface area contributed by atoms with Gasteiger partial charge in [-0.15, -0.1) is 10.1 Å². The molecule has 0 spiro atoms. The zero-order valence-electron chi connectivity index (χ0n) is 11.4. The van der Waals surface area contributed by atoms with Crippen LogP contribution in [0.5, 0.6) is 11.5 Å². The van der Waals surface area contributed by atoms with Gasteiger partial charge in [0.15, 0.2) is 11.5 Å². The molecule has 120 valence electrons. The van der Waals surface area contributed by atoms with Crippen molar-refractivity contribution in [1.82, 2.24) is 0 Å². The van der Waals surface area contributed by atoms with E-state index in [9.17, 15) is 19.7 Å². The zero-order valence-corrected chi connectivity index (χ0v) is 11.4. The van der Waals surface area contributed by atoms with Gasteiger partial charge in [0.1, 0.15) is 0 Å². The van der Waals surface area contributed by atoms with E-state index in [0.717, 1.165) is 6.07 Å². The Hall–Kier alpha value is -2.88. The van der Waals surface area contributed by atoms with Gasteiger partial charge in [-0.05, 0) is 18.2 Å². The largest absolute Gasteiger partial charge is 0.490 e. The van der Waals surface area contributed by atoms with Gasteiger partial charge in [-0.1, -0.05) is 0 Å². The molecular weight excluding hydrogens is 300 g/mol. The van der Waals surface area contributed by atoms with Crippen molar-refractivity contribution < 1.29 is 34.1 Å². The molecule has 1 rings (SSSR count). The summed E-state index contributed by atoms with van der Waals surface area (Å²) in [7, 11) is 0. The van der Waals surface area contributed by atoms with Gasteiger partial charge in [0.2, 0.25) is 0 Å². The second kappa shape index (κ2) is 8.42. The summed E-state index contributed by atoms with van der Waals surface area (Å²) in [4.78, 5) is 36.2. The Labute approximate surface area is 124 Å². The fraction of sp³-hybridized carbons (Fsp3) is 0.333. The summed E-state index contributed by atoms with van der Waals surface area (Å²) < 4.78 is 10.2. The Morgan fingerprint density at radius 2 is 2.00 bits per heavy atom. The number of nitrogens with zero attached hydrogens (tertiary/aromatic N) is 1. The highest BCUT2D eigenvalue weighted by Crippen LogP contribution is 2.28. The van der Waals surface area contributed by atoms with Crippen molar-refractivity contribution in [3.05, 3.63) is 33.9 Å². The van der Waals surface area contributed by atoms with Crippen LogP contribution >= 0.6 is 0 Å². The number of esters is 1. The molecule has 0 bridgehead atoms. The lowest BCUT2D eigenvalue weighted by Crippen LogP contribution is -2.20. The van der Waals surface area contributed by atoms with E-state index >= 15 is 0 Å². The zero-order chi connectivity index (χ0) is 16.5. The van der Waals surface area contributed by atoms with Gasteiger partial charge in [0, 0.05) is 6.42 Å². The molecule has 0 saturated heterocycles. The van der Waals surface area contributed by atoms with Crippen molar-refractivity contribution in [2.24, 2.45) is 5.73 Å². The van der Waals surface area contributed by atoms with Gasteiger partial charge in [0.05, 0.1) is 25.3 Å². The number of carbonyl (C=O) groups is 2. The number of benzene rings is 1. The third-order valence-electron chi connectivity index (χ3n) is 2.32. The molecule has 10 nitrogen and oxygen atoms in total. The first kappa shape index (κ1) is 17.2. The standard InChI is InChI=1S/C12H14N2O8/c13-7-11(15)22-10-6-8(12(16)17)2-3-9(10)20-4-1-5-21-14(18)19/h2-3,6H,1,4-5,7,13H2,(H,16,17). The number of ether oxygens (including phenoxy) is 2. The summed E-state index contributed by atoms with van der Waals surface area (Å²) in [5, 5.41) is 17.9. The number of rotatable bonds is 9. The minimum Gasteiger partial charge on any atom is -0.490 e. The molecule has 0 atom stereocenters. The molecule has 0 aliphatic carbocycles. The van der Waals surface area contributed by atoms with E-state index in [1.807, 2.05) is 0 Å². The highest BCUT2D eigenvalue weighted by Gasteiger charge is 2.13. The highest BCUT2D eigenvalue weighted by molar-refractivity contribution is 5.89. The maximum absolute atomic E-state index is 11.2. The van der Waals surface area contributed by atoms with Crippen LogP contribution in [-0.2, 0) is 9.63 Å². The van der Waals surface area contributed by atoms with Crippen LogP contribution in [0.2, 0.25) is 0 Å². The first-order valence-corrected chi connectivity index (χ1v) is 6.12. The fourth-order valence-corrected chi connectivity index (χ4v) is 1.38. The topological polar surface area (TPSA) is 151 Å². The van der Waals surface area contributed by atoms with E-state index in [2.05, 4.69) is 4.84 Å². The van der Waals surface area contributed by atoms with Crippen molar-refractivity contribution in [3.8, 4) is 11.5 Å². The van der Waals surface area contributed by atoms with Gasteiger partial charge in [-0.2, -0.15) is 0 Å². The van der Waals surface area contributed by atoms with E-state index in [4.69, 9.17) is 20.3 Å².